The Bertz CT molecular complexity index is 586. The number of benzene rings is 1. The largest absolute Gasteiger partial charge is 0.478 e. The van der Waals surface area contributed by atoms with E-state index in [1.165, 1.54) is 18.2 Å². The van der Waals surface area contributed by atoms with Gasteiger partial charge in [-0.1, -0.05) is 15.9 Å². The highest BCUT2D eigenvalue weighted by atomic mass is 79.9. The van der Waals surface area contributed by atoms with Crippen molar-refractivity contribution >= 4 is 28.2 Å². The zero-order valence-electron chi connectivity index (χ0n) is 8.51. The van der Waals surface area contributed by atoms with Gasteiger partial charge in [0.25, 0.3) is 0 Å². The molecule has 2 rings (SSSR count). The molecule has 2 aromatic rings. The molecule has 1 aromatic heterocycles. The van der Waals surface area contributed by atoms with Crippen LogP contribution < -0.4 is 0 Å². The summed E-state index contributed by atoms with van der Waals surface area (Å²) in [5.74, 6) is -0.359. The molecule has 0 aliphatic rings. The summed E-state index contributed by atoms with van der Waals surface area (Å²) in [6, 6.07) is 7.86. The number of furan rings is 1. The van der Waals surface area contributed by atoms with Crippen molar-refractivity contribution in [3.05, 3.63) is 46.1 Å². The predicted octanol–water partition coefficient (Wildman–Crippen LogP) is 3.22. The molecule has 0 saturated heterocycles. The number of aromatic carboxylic acids is 1. The average molecular weight is 295 g/mol. The van der Waals surface area contributed by atoms with Gasteiger partial charge in [0.05, 0.1) is 5.56 Å². The molecule has 0 spiro atoms. The molecule has 0 fully saturated rings. The average Bonchev–Trinajstić information content (AvgIpc) is 2.76. The Balaban J connectivity index is 2.51. The molecule has 0 saturated carbocycles. The summed E-state index contributed by atoms with van der Waals surface area (Å²) < 4.78 is 5.86. The molecule has 0 aliphatic heterocycles. The van der Waals surface area contributed by atoms with E-state index in [9.17, 15) is 9.59 Å². The topological polar surface area (TPSA) is 67.5 Å². The van der Waals surface area contributed by atoms with Gasteiger partial charge in [-0.3, -0.25) is 4.79 Å². The number of aldehydes is 1. The van der Waals surface area contributed by atoms with Crippen LogP contribution in [0.5, 0.6) is 0 Å². The summed E-state index contributed by atoms with van der Waals surface area (Å²) >= 11 is 3.23. The highest BCUT2D eigenvalue weighted by molar-refractivity contribution is 9.10. The van der Waals surface area contributed by atoms with Gasteiger partial charge in [-0.05, 0) is 30.3 Å². The highest BCUT2D eigenvalue weighted by Crippen LogP contribution is 2.26. The first-order chi connectivity index (χ1) is 8.10. The van der Waals surface area contributed by atoms with Crippen molar-refractivity contribution in [2.24, 2.45) is 0 Å². The molecule has 86 valence electrons. The molecular formula is C12H7BrO4. The van der Waals surface area contributed by atoms with Crippen molar-refractivity contribution in [2.45, 2.75) is 0 Å². The fraction of sp³-hybridized carbons (Fsp3) is 0. The first-order valence-corrected chi connectivity index (χ1v) is 5.49. The Morgan fingerprint density at radius 1 is 1.29 bits per heavy atom. The first kappa shape index (κ1) is 11.6. The van der Waals surface area contributed by atoms with Crippen molar-refractivity contribution in [2.75, 3.05) is 0 Å². The van der Waals surface area contributed by atoms with Crippen LogP contribution in [0.1, 0.15) is 20.9 Å². The van der Waals surface area contributed by atoms with Crippen molar-refractivity contribution in [3.63, 3.8) is 0 Å². The Morgan fingerprint density at radius 3 is 2.65 bits per heavy atom. The fourth-order valence-electron chi connectivity index (χ4n) is 1.43. The molecule has 0 unspecified atom stereocenters. The van der Waals surface area contributed by atoms with Crippen LogP contribution >= 0.6 is 15.9 Å². The van der Waals surface area contributed by atoms with E-state index in [0.29, 0.717) is 22.1 Å². The maximum atomic E-state index is 10.9. The summed E-state index contributed by atoms with van der Waals surface area (Å²) in [6.45, 7) is 0. The Morgan fingerprint density at radius 2 is 2.06 bits per heavy atom. The highest BCUT2D eigenvalue weighted by Gasteiger charge is 2.10. The van der Waals surface area contributed by atoms with Gasteiger partial charge >= 0.3 is 5.97 Å². The van der Waals surface area contributed by atoms with Crippen LogP contribution in [0.25, 0.3) is 11.3 Å². The standard InChI is InChI=1S/C12H7BrO4/c13-9-4-7(3-8(5-9)12(15)16)11-2-1-10(6-14)17-11/h1-6H,(H,15,16). The van der Waals surface area contributed by atoms with Gasteiger partial charge in [-0.2, -0.15) is 0 Å². The molecule has 1 heterocycles. The normalized spacial score (nSPS) is 10.2. The predicted molar refractivity (Wildman–Crippen MR) is 64.2 cm³/mol. The molecule has 1 aromatic carbocycles. The van der Waals surface area contributed by atoms with Gasteiger partial charge < -0.3 is 9.52 Å². The van der Waals surface area contributed by atoms with Crippen LogP contribution in [0.15, 0.2) is 39.2 Å². The summed E-state index contributed by atoms with van der Waals surface area (Å²) in [5.41, 5.74) is 0.753. The van der Waals surface area contributed by atoms with Gasteiger partial charge in [-0.15, -0.1) is 0 Å². The number of carbonyl (C=O) groups is 2. The molecule has 0 bridgehead atoms. The lowest BCUT2D eigenvalue weighted by molar-refractivity contribution is 0.0696. The van der Waals surface area contributed by atoms with E-state index in [-0.39, 0.29) is 11.3 Å². The zero-order chi connectivity index (χ0) is 12.4. The van der Waals surface area contributed by atoms with Gasteiger partial charge in [0.2, 0.25) is 0 Å². The van der Waals surface area contributed by atoms with Crippen LogP contribution in [-0.4, -0.2) is 17.4 Å². The number of carboxylic acids is 1. The molecule has 0 atom stereocenters. The number of halogens is 1. The smallest absolute Gasteiger partial charge is 0.335 e. The number of carbonyl (C=O) groups excluding carboxylic acids is 1. The maximum absolute atomic E-state index is 10.9. The Labute approximate surface area is 105 Å². The molecule has 17 heavy (non-hydrogen) atoms. The second-order valence-corrected chi connectivity index (χ2v) is 4.27. The van der Waals surface area contributed by atoms with Gasteiger partial charge in [0, 0.05) is 10.0 Å². The van der Waals surface area contributed by atoms with Crippen LogP contribution in [0.3, 0.4) is 0 Å². The van der Waals surface area contributed by atoms with Crippen LogP contribution in [0.4, 0.5) is 0 Å². The number of carboxylic acid groups (broad SMARTS) is 1. The second kappa shape index (κ2) is 4.55. The van der Waals surface area contributed by atoms with Crippen LogP contribution in [0, 0.1) is 0 Å². The Kier molecular flexibility index (Phi) is 3.10. The maximum Gasteiger partial charge on any atom is 0.335 e. The van der Waals surface area contributed by atoms with E-state index >= 15 is 0 Å². The second-order valence-electron chi connectivity index (χ2n) is 3.35. The molecule has 5 heteroatoms. The molecule has 4 nitrogen and oxygen atoms in total. The van der Waals surface area contributed by atoms with Gasteiger partial charge in [-0.25, -0.2) is 4.79 Å². The van der Waals surface area contributed by atoms with E-state index < -0.39 is 5.97 Å². The number of hydrogen-bond acceptors (Lipinski definition) is 3. The lowest BCUT2D eigenvalue weighted by Gasteiger charge is -2.01. The molecular weight excluding hydrogens is 288 g/mol. The van der Waals surface area contributed by atoms with E-state index in [0.717, 1.165) is 0 Å². The zero-order valence-corrected chi connectivity index (χ0v) is 10.1. The third-order valence-corrected chi connectivity index (χ3v) is 2.63. The summed E-state index contributed by atoms with van der Waals surface area (Å²) in [7, 11) is 0. The molecule has 0 amide bonds. The third-order valence-electron chi connectivity index (χ3n) is 2.17. The number of rotatable bonds is 3. The van der Waals surface area contributed by atoms with Crippen molar-refractivity contribution in [1.29, 1.82) is 0 Å². The first-order valence-electron chi connectivity index (χ1n) is 4.69. The van der Waals surface area contributed by atoms with E-state index in [1.54, 1.807) is 12.1 Å². The Hall–Kier alpha value is -1.88. The lowest BCUT2D eigenvalue weighted by Crippen LogP contribution is -1.96. The summed E-state index contributed by atoms with van der Waals surface area (Å²) in [5, 5.41) is 8.92. The van der Waals surface area contributed by atoms with Gasteiger partial charge in [0.1, 0.15) is 5.76 Å². The van der Waals surface area contributed by atoms with Crippen molar-refractivity contribution in [3.8, 4) is 11.3 Å². The molecule has 0 aliphatic carbocycles. The molecule has 1 N–H and O–H groups in total. The minimum absolute atomic E-state index is 0.151. The lowest BCUT2D eigenvalue weighted by atomic mass is 10.1. The van der Waals surface area contributed by atoms with Crippen molar-refractivity contribution in [1.82, 2.24) is 0 Å². The summed E-state index contributed by atoms with van der Waals surface area (Å²) in [6.07, 6.45) is 0.597. The minimum atomic E-state index is -1.02. The minimum Gasteiger partial charge on any atom is -0.478 e. The third kappa shape index (κ3) is 2.45. The van der Waals surface area contributed by atoms with Crippen LogP contribution in [0.2, 0.25) is 0 Å². The fourth-order valence-corrected chi connectivity index (χ4v) is 1.92. The van der Waals surface area contributed by atoms with E-state index in [2.05, 4.69) is 15.9 Å². The van der Waals surface area contributed by atoms with Crippen molar-refractivity contribution < 1.29 is 19.1 Å². The summed E-state index contributed by atoms with van der Waals surface area (Å²) in [4.78, 5) is 21.4. The monoisotopic (exact) mass is 294 g/mol. The molecule has 0 radical (unpaired) electrons. The van der Waals surface area contributed by atoms with E-state index in [1.807, 2.05) is 0 Å². The number of hydrogen-bond donors (Lipinski definition) is 1. The SMILES string of the molecule is O=Cc1ccc(-c2cc(Br)cc(C(=O)O)c2)o1. The van der Waals surface area contributed by atoms with Crippen LogP contribution in [-0.2, 0) is 0 Å². The van der Waals surface area contributed by atoms with E-state index in [4.69, 9.17) is 9.52 Å². The quantitative estimate of drug-likeness (QED) is 0.883. The van der Waals surface area contributed by atoms with Gasteiger partial charge in [0.15, 0.2) is 12.0 Å².